The number of carboxylic acid groups (broad SMARTS) is 1. The summed E-state index contributed by atoms with van der Waals surface area (Å²) in [4.78, 5) is 10.1. The molecule has 4 nitrogen and oxygen atoms in total. The number of hydrogen-bond acceptors (Lipinski definition) is 3. The van der Waals surface area contributed by atoms with Crippen molar-refractivity contribution in [1.82, 2.24) is 0 Å². The summed E-state index contributed by atoms with van der Waals surface area (Å²) in [6, 6.07) is 0. The fourth-order valence-corrected chi connectivity index (χ4v) is 2.05. The Morgan fingerprint density at radius 2 is 2.45 bits per heavy atom. The summed E-state index contributed by atoms with van der Waals surface area (Å²) < 4.78 is 16.1. The number of rotatable bonds is 3. The minimum atomic E-state index is -1.25. The van der Waals surface area contributed by atoms with Crippen LogP contribution in [0.25, 0.3) is 0 Å². The molecule has 1 rings (SSSR count). The zero-order chi connectivity index (χ0) is 8.27. The van der Waals surface area contributed by atoms with Crippen LogP contribution in [0.15, 0.2) is 0 Å². The first-order valence-electron chi connectivity index (χ1n) is 3.37. The third kappa shape index (κ3) is 2.59. The minimum Gasteiger partial charge on any atom is -0.481 e. The number of carbonyl (C=O) groups is 1. The number of carboxylic acids is 1. The highest BCUT2D eigenvalue weighted by molar-refractivity contribution is 7.86. The molecule has 1 aliphatic rings. The molecule has 2 unspecified atom stereocenters. The van der Waals surface area contributed by atoms with E-state index in [4.69, 9.17) is 9.84 Å². The second kappa shape index (κ2) is 3.82. The monoisotopic (exact) mass is 178 g/mol. The molecule has 0 aromatic heterocycles. The molecule has 5 heteroatoms. The van der Waals surface area contributed by atoms with E-state index in [0.717, 1.165) is 6.42 Å². The molecule has 2 atom stereocenters. The normalized spacial score (nSPS) is 26.7. The Hall–Kier alpha value is -0.420. The molecule has 1 heterocycles. The van der Waals surface area contributed by atoms with E-state index in [1.807, 2.05) is 0 Å². The smallest absolute Gasteiger partial charge is 0.316 e. The van der Waals surface area contributed by atoms with Crippen LogP contribution in [-0.2, 0) is 20.3 Å². The van der Waals surface area contributed by atoms with Crippen molar-refractivity contribution in [2.45, 2.75) is 11.7 Å². The maximum Gasteiger partial charge on any atom is 0.316 e. The molecule has 0 bridgehead atoms. The van der Waals surface area contributed by atoms with Crippen LogP contribution >= 0.6 is 0 Å². The fraction of sp³-hybridized carbons (Fsp3) is 0.833. The van der Waals surface area contributed by atoms with Gasteiger partial charge in [-0.3, -0.25) is 9.00 Å². The highest BCUT2D eigenvalue weighted by Crippen LogP contribution is 2.10. The molecule has 0 aromatic rings. The van der Waals surface area contributed by atoms with Crippen LogP contribution in [0.1, 0.15) is 6.42 Å². The SMILES string of the molecule is O=C(O)CS(=O)C1CCOC1. The van der Waals surface area contributed by atoms with Crippen molar-refractivity contribution >= 4 is 16.8 Å². The summed E-state index contributed by atoms with van der Waals surface area (Å²) in [5.41, 5.74) is 0. The van der Waals surface area contributed by atoms with Gasteiger partial charge in [0.1, 0.15) is 5.75 Å². The van der Waals surface area contributed by atoms with E-state index >= 15 is 0 Å². The highest BCUT2D eigenvalue weighted by atomic mass is 32.2. The van der Waals surface area contributed by atoms with Crippen LogP contribution in [-0.4, -0.2) is 39.5 Å². The first-order valence-corrected chi connectivity index (χ1v) is 4.75. The van der Waals surface area contributed by atoms with Crippen molar-refractivity contribution < 1.29 is 18.8 Å². The second-order valence-electron chi connectivity index (χ2n) is 2.40. The lowest BCUT2D eigenvalue weighted by molar-refractivity contribution is -0.133. The Morgan fingerprint density at radius 3 is 2.91 bits per heavy atom. The van der Waals surface area contributed by atoms with Crippen molar-refractivity contribution in [1.29, 1.82) is 0 Å². The average Bonchev–Trinajstić information content (AvgIpc) is 2.35. The molecule has 11 heavy (non-hydrogen) atoms. The molecule has 1 fully saturated rings. The Bertz CT molecular complexity index is 173. The number of ether oxygens (including phenoxy) is 1. The molecule has 1 N–H and O–H groups in total. The molecular formula is C6H10O4S. The van der Waals surface area contributed by atoms with E-state index in [9.17, 15) is 9.00 Å². The number of aliphatic carboxylic acids is 1. The molecule has 0 aliphatic carbocycles. The van der Waals surface area contributed by atoms with Crippen molar-refractivity contribution in [2.24, 2.45) is 0 Å². The van der Waals surface area contributed by atoms with E-state index in [1.54, 1.807) is 0 Å². The molecular weight excluding hydrogens is 168 g/mol. The van der Waals surface area contributed by atoms with Gasteiger partial charge in [-0.25, -0.2) is 0 Å². The van der Waals surface area contributed by atoms with Crippen molar-refractivity contribution in [2.75, 3.05) is 19.0 Å². The maximum absolute atomic E-state index is 11.1. The number of hydrogen-bond donors (Lipinski definition) is 1. The summed E-state index contributed by atoms with van der Waals surface area (Å²) in [5.74, 6) is -1.26. The van der Waals surface area contributed by atoms with Gasteiger partial charge in [0.25, 0.3) is 0 Å². The summed E-state index contributed by atoms with van der Waals surface area (Å²) in [6.45, 7) is 1.05. The minimum absolute atomic E-state index is 0.0638. The fourth-order valence-electron chi connectivity index (χ4n) is 0.960. The molecule has 1 saturated heterocycles. The molecule has 0 radical (unpaired) electrons. The van der Waals surface area contributed by atoms with Crippen molar-refractivity contribution in [3.8, 4) is 0 Å². The van der Waals surface area contributed by atoms with E-state index < -0.39 is 16.8 Å². The van der Waals surface area contributed by atoms with E-state index in [-0.39, 0.29) is 11.0 Å². The molecule has 0 saturated carbocycles. The standard InChI is InChI=1S/C6H10O4S/c7-6(8)4-11(9)5-1-2-10-3-5/h5H,1-4H2,(H,7,8). The predicted octanol–water partition coefficient (Wildman–Crippen LogP) is -0.391. The zero-order valence-corrected chi connectivity index (χ0v) is 6.80. The van der Waals surface area contributed by atoms with Crippen LogP contribution in [0.3, 0.4) is 0 Å². The highest BCUT2D eigenvalue weighted by Gasteiger charge is 2.23. The van der Waals surface area contributed by atoms with Gasteiger partial charge >= 0.3 is 5.97 Å². The summed E-state index contributed by atoms with van der Waals surface area (Å²) in [6.07, 6.45) is 0.722. The Morgan fingerprint density at radius 1 is 1.73 bits per heavy atom. The van der Waals surface area contributed by atoms with Crippen LogP contribution in [0, 0.1) is 0 Å². The van der Waals surface area contributed by atoms with Gasteiger partial charge in [0, 0.05) is 17.4 Å². The lowest BCUT2D eigenvalue weighted by atomic mass is 10.4. The van der Waals surface area contributed by atoms with Crippen LogP contribution in [0.2, 0.25) is 0 Å². The first kappa shape index (κ1) is 8.67. The molecule has 64 valence electrons. The molecule has 1 aliphatic heterocycles. The third-order valence-corrected chi connectivity index (χ3v) is 3.17. The van der Waals surface area contributed by atoms with Crippen molar-refractivity contribution in [3.05, 3.63) is 0 Å². The van der Waals surface area contributed by atoms with Gasteiger partial charge in [-0.1, -0.05) is 0 Å². The Labute approximate surface area is 67.0 Å². The molecule has 0 spiro atoms. The van der Waals surface area contributed by atoms with Crippen LogP contribution < -0.4 is 0 Å². The first-order chi connectivity index (χ1) is 5.20. The largest absolute Gasteiger partial charge is 0.481 e. The van der Waals surface area contributed by atoms with Gasteiger partial charge in [-0.05, 0) is 6.42 Å². The van der Waals surface area contributed by atoms with E-state index in [1.165, 1.54) is 0 Å². The van der Waals surface area contributed by atoms with Crippen LogP contribution in [0.4, 0.5) is 0 Å². The van der Waals surface area contributed by atoms with Crippen LogP contribution in [0.5, 0.6) is 0 Å². The zero-order valence-electron chi connectivity index (χ0n) is 5.99. The lowest BCUT2D eigenvalue weighted by Gasteiger charge is -2.03. The average molecular weight is 178 g/mol. The molecule has 0 amide bonds. The van der Waals surface area contributed by atoms with E-state index in [2.05, 4.69) is 0 Å². The second-order valence-corrected chi connectivity index (χ2v) is 4.12. The summed E-state index contributed by atoms with van der Waals surface area (Å²) >= 11 is 0. The van der Waals surface area contributed by atoms with Gasteiger partial charge in [-0.2, -0.15) is 0 Å². The Kier molecular flexibility index (Phi) is 3.02. The van der Waals surface area contributed by atoms with Crippen molar-refractivity contribution in [3.63, 3.8) is 0 Å². The third-order valence-electron chi connectivity index (χ3n) is 1.53. The topological polar surface area (TPSA) is 63.6 Å². The predicted molar refractivity (Wildman–Crippen MR) is 39.9 cm³/mol. The van der Waals surface area contributed by atoms with Gasteiger partial charge in [0.05, 0.1) is 11.9 Å². The molecule has 0 aromatic carbocycles. The van der Waals surface area contributed by atoms with Gasteiger partial charge < -0.3 is 9.84 Å². The van der Waals surface area contributed by atoms with Gasteiger partial charge in [-0.15, -0.1) is 0 Å². The maximum atomic E-state index is 11.1. The Balaban J connectivity index is 2.34. The quantitative estimate of drug-likeness (QED) is 0.639. The summed E-state index contributed by atoms with van der Waals surface area (Å²) in [7, 11) is -1.25. The summed E-state index contributed by atoms with van der Waals surface area (Å²) in [5, 5.41) is 8.25. The van der Waals surface area contributed by atoms with E-state index in [0.29, 0.717) is 13.2 Å². The lowest BCUT2D eigenvalue weighted by Crippen LogP contribution is -2.21. The van der Waals surface area contributed by atoms with Gasteiger partial charge in [0.2, 0.25) is 0 Å². The van der Waals surface area contributed by atoms with Gasteiger partial charge in [0.15, 0.2) is 0 Å².